The van der Waals surface area contributed by atoms with Crippen LogP contribution in [0.2, 0.25) is 0 Å². The lowest BCUT2D eigenvalue weighted by molar-refractivity contribution is -0.171. The van der Waals surface area contributed by atoms with E-state index in [1.807, 2.05) is 0 Å². The van der Waals surface area contributed by atoms with Crippen LogP contribution >= 0.6 is 0 Å². The van der Waals surface area contributed by atoms with Gasteiger partial charge in [0, 0.05) is 24.8 Å². The lowest BCUT2D eigenvalue weighted by Gasteiger charge is -2.45. The third-order valence-electron chi connectivity index (χ3n) is 2.04. The molecule has 0 saturated heterocycles. The summed E-state index contributed by atoms with van der Waals surface area (Å²) in [6.45, 7) is -0.0713. The second kappa shape index (κ2) is 2.13. The quantitative estimate of drug-likeness (QED) is 0.598. The Morgan fingerprint density at radius 1 is 1.40 bits per heavy atom. The van der Waals surface area contributed by atoms with Crippen molar-refractivity contribution in [1.29, 1.82) is 0 Å². The first-order valence-electron chi connectivity index (χ1n) is 3.22. The molecule has 60 valence electrons. The molecular weight excluding hydrogens is 140 g/mol. The summed E-state index contributed by atoms with van der Waals surface area (Å²) in [5.74, 6) is -2.58. The topological polar surface area (TPSA) is 46.2 Å². The Hall–Kier alpha value is -0.220. The van der Waals surface area contributed by atoms with E-state index < -0.39 is 11.3 Å². The number of nitrogens with two attached hydrogens (primary N) is 1. The van der Waals surface area contributed by atoms with Crippen LogP contribution in [0, 0.1) is 5.41 Å². The van der Waals surface area contributed by atoms with E-state index in [4.69, 9.17) is 10.8 Å². The Bertz CT molecular complexity index is 124. The van der Waals surface area contributed by atoms with Crippen molar-refractivity contribution in [3.05, 3.63) is 0 Å². The minimum Gasteiger partial charge on any atom is -0.396 e. The summed E-state index contributed by atoms with van der Waals surface area (Å²) in [6.07, 6.45) is -0.514. The van der Waals surface area contributed by atoms with Gasteiger partial charge in [-0.25, -0.2) is 8.78 Å². The number of aliphatic hydroxyl groups excluding tert-OH is 1. The van der Waals surface area contributed by atoms with E-state index >= 15 is 0 Å². The van der Waals surface area contributed by atoms with Gasteiger partial charge in [-0.05, 0) is 0 Å². The van der Waals surface area contributed by atoms with E-state index in [9.17, 15) is 8.78 Å². The average Bonchev–Trinajstić information content (AvgIpc) is 1.82. The summed E-state index contributed by atoms with van der Waals surface area (Å²) < 4.78 is 24.5. The van der Waals surface area contributed by atoms with Gasteiger partial charge in [0.05, 0.1) is 6.61 Å². The number of aliphatic hydroxyl groups is 1. The van der Waals surface area contributed by atoms with Crippen LogP contribution in [0.1, 0.15) is 12.8 Å². The van der Waals surface area contributed by atoms with Crippen LogP contribution in [-0.2, 0) is 0 Å². The number of alkyl halides is 2. The average molecular weight is 151 g/mol. The maximum Gasteiger partial charge on any atom is 0.249 e. The summed E-state index contributed by atoms with van der Waals surface area (Å²) in [5, 5.41) is 8.66. The van der Waals surface area contributed by atoms with Crippen molar-refractivity contribution < 1.29 is 13.9 Å². The SMILES string of the molecule is NCC1(CO)CC(F)(F)C1. The number of hydrogen-bond acceptors (Lipinski definition) is 2. The second-order valence-corrected chi connectivity index (χ2v) is 3.07. The lowest BCUT2D eigenvalue weighted by atomic mass is 9.67. The van der Waals surface area contributed by atoms with Crippen molar-refractivity contribution >= 4 is 0 Å². The molecule has 0 radical (unpaired) electrons. The van der Waals surface area contributed by atoms with Crippen molar-refractivity contribution in [2.75, 3.05) is 13.2 Å². The van der Waals surface area contributed by atoms with Crippen LogP contribution in [0.15, 0.2) is 0 Å². The number of halogens is 2. The minimum absolute atomic E-state index is 0.152. The number of hydrogen-bond donors (Lipinski definition) is 2. The van der Waals surface area contributed by atoms with Crippen molar-refractivity contribution in [3.63, 3.8) is 0 Å². The van der Waals surface area contributed by atoms with E-state index in [2.05, 4.69) is 0 Å². The fourth-order valence-electron chi connectivity index (χ4n) is 1.37. The molecule has 0 aromatic heterocycles. The number of rotatable bonds is 2. The van der Waals surface area contributed by atoms with Gasteiger partial charge in [-0.3, -0.25) is 0 Å². The maximum absolute atomic E-state index is 12.2. The summed E-state index contributed by atoms with van der Waals surface area (Å²) in [7, 11) is 0. The van der Waals surface area contributed by atoms with Gasteiger partial charge in [-0.1, -0.05) is 0 Å². The predicted molar refractivity (Wildman–Crippen MR) is 32.8 cm³/mol. The summed E-state index contributed by atoms with van der Waals surface area (Å²) >= 11 is 0. The highest BCUT2D eigenvalue weighted by molar-refractivity contribution is 4.99. The second-order valence-electron chi connectivity index (χ2n) is 3.07. The highest BCUT2D eigenvalue weighted by Gasteiger charge is 2.55. The summed E-state index contributed by atoms with van der Waals surface area (Å²) in [5.41, 5.74) is 4.53. The maximum atomic E-state index is 12.2. The largest absolute Gasteiger partial charge is 0.396 e. The van der Waals surface area contributed by atoms with Crippen LogP contribution in [0.4, 0.5) is 8.78 Å². The first-order valence-corrected chi connectivity index (χ1v) is 3.22. The molecule has 0 aromatic carbocycles. The monoisotopic (exact) mass is 151 g/mol. The van der Waals surface area contributed by atoms with Crippen LogP contribution in [0.25, 0.3) is 0 Å². The molecule has 0 amide bonds. The molecule has 3 N–H and O–H groups in total. The first kappa shape index (κ1) is 7.88. The van der Waals surface area contributed by atoms with Gasteiger partial charge in [0.2, 0.25) is 5.92 Å². The van der Waals surface area contributed by atoms with Crippen molar-refractivity contribution in [2.45, 2.75) is 18.8 Å². The molecule has 1 aliphatic rings. The van der Waals surface area contributed by atoms with Crippen LogP contribution in [0.5, 0.6) is 0 Å². The molecule has 0 heterocycles. The van der Waals surface area contributed by atoms with Crippen molar-refractivity contribution in [2.24, 2.45) is 11.1 Å². The molecule has 0 aliphatic heterocycles. The van der Waals surface area contributed by atoms with E-state index in [0.717, 1.165) is 0 Å². The molecule has 0 bridgehead atoms. The van der Waals surface area contributed by atoms with Gasteiger partial charge in [0.15, 0.2) is 0 Å². The Morgan fingerprint density at radius 2 is 1.90 bits per heavy atom. The summed E-state index contributed by atoms with van der Waals surface area (Å²) in [6, 6.07) is 0. The molecular formula is C6H11F2NO. The molecule has 0 spiro atoms. The van der Waals surface area contributed by atoms with Gasteiger partial charge in [-0.2, -0.15) is 0 Å². The fourth-order valence-corrected chi connectivity index (χ4v) is 1.37. The van der Waals surface area contributed by atoms with Crippen LogP contribution in [0.3, 0.4) is 0 Å². The van der Waals surface area contributed by atoms with E-state index in [-0.39, 0.29) is 26.0 Å². The standard InChI is InChI=1S/C6H11F2NO/c7-6(8)1-5(2-6,3-9)4-10/h10H,1-4,9H2. The molecule has 1 aliphatic carbocycles. The molecule has 1 saturated carbocycles. The van der Waals surface area contributed by atoms with E-state index in [1.54, 1.807) is 0 Å². The highest BCUT2D eigenvalue weighted by atomic mass is 19.3. The van der Waals surface area contributed by atoms with Crippen LogP contribution in [-0.4, -0.2) is 24.2 Å². The predicted octanol–water partition coefficient (Wildman–Crippen LogP) is 0.353. The van der Waals surface area contributed by atoms with Crippen molar-refractivity contribution in [1.82, 2.24) is 0 Å². The molecule has 10 heavy (non-hydrogen) atoms. The van der Waals surface area contributed by atoms with Crippen LogP contribution < -0.4 is 5.73 Å². The molecule has 0 atom stereocenters. The molecule has 0 unspecified atom stereocenters. The van der Waals surface area contributed by atoms with Gasteiger partial charge >= 0.3 is 0 Å². The van der Waals surface area contributed by atoms with Gasteiger partial charge in [-0.15, -0.1) is 0 Å². The summed E-state index contributed by atoms with van der Waals surface area (Å²) in [4.78, 5) is 0. The molecule has 0 aromatic rings. The zero-order valence-electron chi connectivity index (χ0n) is 5.61. The van der Waals surface area contributed by atoms with Gasteiger partial charge in [0.25, 0.3) is 0 Å². The van der Waals surface area contributed by atoms with Crippen molar-refractivity contribution in [3.8, 4) is 0 Å². The van der Waals surface area contributed by atoms with E-state index in [0.29, 0.717) is 0 Å². The normalized spacial score (nSPS) is 27.6. The lowest BCUT2D eigenvalue weighted by Crippen LogP contribution is -2.52. The van der Waals surface area contributed by atoms with Gasteiger partial charge < -0.3 is 10.8 Å². The van der Waals surface area contributed by atoms with E-state index in [1.165, 1.54) is 0 Å². The Balaban J connectivity index is 2.46. The molecule has 1 fully saturated rings. The Morgan fingerprint density at radius 3 is 2.00 bits per heavy atom. The highest BCUT2D eigenvalue weighted by Crippen LogP contribution is 2.50. The Labute approximate surface area is 58.0 Å². The minimum atomic E-state index is -2.58. The third kappa shape index (κ3) is 1.13. The third-order valence-corrected chi connectivity index (χ3v) is 2.04. The molecule has 4 heteroatoms. The van der Waals surface area contributed by atoms with Gasteiger partial charge in [0.1, 0.15) is 0 Å². The fraction of sp³-hybridized carbons (Fsp3) is 1.00. The molecule has 2 nitrogen and oxygen atoms in total. The first-order chi connectivity index (χ1) is 4.54. The zero-order chi connectivity index (χ0) is 7.83. The molecule has 1 rings (SSSR count). The Kier molecular flexibility index (Phi) is 1.68. The smallest absolute Gasteiger partial charge is 0.249 e. The zero-order valence-corrected chi connectivity index (χ0v) is 5.61.